The van der Waals surface area contributed by atoms with Crippen LogP contribution in [0.25, 0.3) is 32.9 Å². The molecule has 0 aliphatic rings. The van der Waals surface area contributed by atoms with E-state index in [1.54, 1.807) is 6.33 Å². The number of imidazole rings is 1. The molecule has 4 aromatic rings. The Kier molecular flexibility index (Phi) is 2.88. The predicted octanol–water partition coefficient (Wildman–Crippen LogP) is 5.69. The zero-order valence-electron chi connectivity index (χ0n) is 10.9. The van der Waals surface area contributed by atoms with Gasteiger partial charge in [0.2, 0.25) is 0 Å². The fourth-order valence-electron chi connectivity index (χ4n) is 2.62. The first-order valence-electron chi connectivity index (χ1n) is 6.54. The highest BCUT2D eigenvalue weighted by atomic mass is 35.5. The molecule has 4 heteroatoms. The van der Waals surface area contributed by atoms with Gasteiger partial charge in [0.1, 0.15) is 5.52 Å². The number of halogens is 2. The normalized spacial score (nSPS) is 11.3. The molecule has 0 saturated heterocycles. The second kappa shape index (κ2) is 4.76. The third-order valence-electron chi connectivity index (χ3n) is 3.64. The summed E-state index contributed by atoms with van der Waals surface area (Å²) in [5, 5.41) is 3.54. The van der Waals surface area contributed by atoms with Gasteiger partial charge in [0, 0.05) is 5.56 Å². The molecule has 0 spiro atoms. The lowest BCUT2D eigenvalue weighted by Gasteiger charge is -2.09. The van der Waals surface area contributed by atoms with Crippen molar-refractivity contribution in [3.8, 4) is 11.1 Å². The van der Waals surface area contributed by atoms with Crippen molar-refractivity contribution in [1.82, 2.24) is 9.97 Å². The van der Waals surface area contributed by atoms with Crippen molar-refractivity contribution in [2.24, 2.45) is 0 Å². The lowest BCUT2D eigenvalue weighted by Crippen LogP contribution is -1.85. The Balaban J connectivity index is 2.03. The van der Waals surface area contributed by atoms with Gasteiger partial charge in [0.05, 0.1) is 21.9 Å². The average molecular weight is 313 g/mol. The lowest BCUT2D eigenvalue weighted by molar-refractivity contribution is 1.34. The van der Waals surface area contributed by atoms with Crippen LogP contribution >= 0.6 is 23.2 Å². The van der Waals surface area contributed by atoms with Crippen LogP contribution in [0.5, 0.6) is 0 Å². The van der Waals surface area contributed by atoms with Crippen molar-refractivity contribution in [1.29, 1.82) is 0 Å². The van der Waals surface area contributed by atoms with Crippen molar-refractivity contribution in [2.45, 2.75) is 0 Å². The van der Waals surface area contributed by atoms with Gasteiger partial charge in [0.25, 0.3) is 0 Å². The fraction of sp³-hybridized carbons (Fsp3) is 0. The lowest BCUT2D eigenvalue weighted by atomic mass is 10.0. The highest BCUT2D eigenvalue weighted by Crippen LogP contribution is 2.39. The highest BCUT2D eigenvalue weighted by molar-refractivity contribution is 6.42. The number of hydrogen-bond donors (Lipinski definition) is 1. The van der Waals surface area contributed by atoms with Gasteiger partial charge in [-0.05, 0) is 28.5 Å². The van der Waals surface area contributed by atoms with Gasteiger partial charge in [0.15, 0.2) is 0 Å². The predicted molar refractivity (Wildman–Crippen MR) is 89.1 cm³/mol. The van der Waals surface area contributed by atoms with Crippen molar-refractivity contribution < 1.29 is 0 Å². The molecule has 1 heterocycles. The van der Waals surface area contributed by atoms with E-state index < -0.39 is 0 Å². The van der Waals surface area contributed by atoms with Crippen molar-refractivity contribution in [2.75, 3.05) is 0 Å². The molecule has 0 unspecified atom stereocenters. The summed E-state index contributed by atoms with van der Waals surface area (Å²) in [6, 6.07) is 16.3. The number of nitrogens with one attached hydrogen (secondary N) is 1. The molecular formula is C17H10Cl2N2. The summed E-state index contributed by atoms with van der Waals surface area (Å²) in [5.41, 5.74) is 3.40. The largest absolute Gasteiger partial charge is 0.345 e. The molecule has 0 radical (unpaired) electrons. The monoisotopic (exact) mass is 312 g/mol. The SMILES string of the molecule is Clc1cc2[nH]cnc2c(Cl)c1-c1ccc2ccccc2c1. The first-order chi connectivity index (χ1) is 10.2. The third-order valence-corrected chi connectivity index (χ3v) is 4.31. The molecule has 0 fully saturated rings. The van der Waals surface area contributed by atoms with Gasteiger partial charge in [-0.15, -0.1) is 0 Å². The number of fused-ring (bicyclic) bond motifs is 2. The molecular weight excluding hydrogens is 303 g/mol. The van der Waals surface area contributed by atoms with Crippen LogP contribution in [0, 0.1) is 0 Å². The van der Waals surface area contributed by atoms with Gasteiger partial charge in [-0.3, -0.25) is 0 Å². The van der Waals surface area contributed by atoms with Gasteiger partial charge in [-0.2, -0.15) is 0 Å². The zero-order chi connectivity index (χ0) is 14.4. The molecule has 0 aliphatic heterocycles. The van der Waals surface area contributed by atoms with Gasteiger partial charge in [-0.1, -0.05) is 59.6 Å². The number of benzene rings is 3. The summed E-state index contributed by atoms with van der Waals surface area (Å²) >= 11 is 12.9. The number of hydrogen-bond acceptors (Lipinski definition) is 1. The maximum absolute atomic E-state index is 6.51. The molecule has 3 aromatic carbocycles. The van der Waals surface area contributed by atoms with Gasteiger partial charge >= 0.3 is 0 Å². The van der Waals surface area contributed by atoms with E-state index in [2.05, 4.69) is 34.2 Å². The van der Waals surface area contributed by atoms with Crippen molar-refractivity contribution in [3.63, 3.8) is 0 Å². The molecule has 0 saturated carbocycles. The first kappa shape index (κ1) is 12.7. The van der Waals surface area contributed by atoms with Crippen LogP contribution in [0.3, 0.4) is 0 Å². The maximum atomic E-state index is 6.51. The molecule has 1 aromatic heterocycles. The zero-order valence-corrected chi connectivity index (χ0v) is 12.4. The summed E-state index contributed by atoms with van der Waals surface area (Å²) in [7, 11) is 0. The van der Waals surface area contributed by atoms with Crippen LogP contribution in [-0.4, -0.2) is 9.97 Å². The number of nitrogens with zero attached hydrogens (tertiary/aromatic N) is 1. The first-order valence-corrected chi connectivity index (χ1v) is 7.30. The standard InChI is InChI=1S/C17H10Cl2N2/c18-13-8-14-17(21-9-20-14)16(19)15(13)12-6-5-10-3-1-2-4-11(10)7-12/h1-9H,(H,20,21). The molecule has 102 valence electrons. The Labute approximate surface area is 131 Å². The summed E-state index contributed by atoms with van der Waals surface area (Å²) < 4.78 is 0. The highest BCUT2D eigenvalue weighted by Gasteiger charge is 2.14. The van der Waals surface area contributed by atoms with E-state index in [0.29, 0.717) is 10.0 Å². The van der Waals surface area contributed by atoms with Gasteiger partial charge in [-0.25, -0.2) is 4.98 Å². The summed E-state index contributed by atoms with van der Waals surface area (Å²) in [6.07, 6.45) is 1.62. The molecule has 2 nitrogen and oxygen atoms in total. The minimum Gasteiger partial charge on any atom is -0.345 e. The number of rotatable bonds is 1. The molecule has 0 amide bonds. The van der Waals surface area contributed by atoms with E-state index in [4.69, 9.17) is 23.2 Å². The van der Waals surface area contributed by atoms with Crippen LogP contribution in [0.4, 0.5) is 0 Å². The van der Waals surface area contributed by atoms with E-state index in [1.807, 2.05) is 24.3 Å². The number of aromatic nitrogens is 2. The van der Waals surface area contributed by atoms with Crippen LogP contribution in [0.2, 0.25) is 10.0 Å². The van der Waals surface area contributed by atoms with E-state index in [9.17, 15) is 0 Å². The smallest absolute Gasteiger partial charge is 0.108 e. The number of aromatic amines is 1. The molecule has 21 heavy (non-hydrogen) atoms. The Bertz CT molecular complexity index is 973. The van der Waals surface area contributed by atoms with Crippen molar-refractivity contribution in [3.05, 3.63) is 64.9 Å². The maximum Gasteiger partial charge on any atom is 0.108 e. The van der Waals surface area contributed by atoms with E-state index in [1.165, 1.54) is 5.39 Å². The number of H-pyrrole nitrogens is 1. The fourth-order valence-corrected chi connectivity index (χ4v) is 3.34. The average Bonchev–Trinajstić information content (AvgIpc) is 2.95. The Morgan fingerprint density at radius 1 is 0.905 bits per heavy atom. The quantitative estimate of drug-likeness (QED) is 0.480. The molecule has 4 rings (SSSR count). The third kappa shape index (κ3) is 1.99. The second-order valence-electron chi connectivity index (χ2n) is 4.91. The van der Waals surface area contributed by atoms with Crippen LogP contribution in [0.15, 0.2) is 54.9 Å². The van der Waals surface area contributed by atoms with Crippen LogP contribution in [0.1, 0.15) is 0 Å². The Hall–Kier alpha value is -2.03. The van der Waals surface area contributed by atoms with E-state index in [-0.39, 0.29) is 0 Å². The minimum absolute atomic E-state index is 0.578. The Morgan fingerprint density at radius 3 is 2.57 bits per heavy atom. The molecule has 0 atom stereocenters. The Morgan fingerprint density at radius 2 is 1.71 bits per heavy atom. The summed E-state index contributed by atoms with van der Waals surface area (Å²) in [6.45, 7) is 0. The topological polar surface area (TPSA) is 28.7 Å². The van der Waals surface area contributed by atoms with E-state index >= 15 is 0 Å². The summed E-state index contributed by atoms with van der Waals surface area (Å²) in [4.78, 5) is 7.29. The van der Waals surface area contributed by atoms with E-state index in [0.717, 1.165) is 27.5 Å². The molecule has 0 aliphatic carbocycles. The minimum atomic E-state index is 0.578. The van der Waals surface area contributed by atoms with Crippen LogP contribution in [-0.2, 0) is 0 Å². The molecule has 1 N–H and O–H groups in total. The second-order valence-corrected chi connectivity index (χ2v) is 5.69. The van der Waals surface area contributed by atoms with Gasteiger partial charge < -0.3 is 4.98 Å². The summed E-state index contributed by atoms with van der Waals surface area (Å²) in [5.74, 6) is 0. The van der Waals surface area contributed by atoms with Crippen molar-refractivity contribution >= 4 is 45.0 Å². The molecule has 0 bridgehead atoms. The van der Waals surface area contributed by atoms with Crippen LogP contribution < -0.4 is 0 Å².